The van der Waals surface area contributed by atoms with Gasteiger partial charge in [-0.25, -0.2) is 4.98 Å². The lowest BCUT2D eigenvalue weighted by atomic mass is 9.97. The van der Waals surface area contributed by atoms with Crippen molar-refractivity contribution in [3.05, 3.63) is 47.2 Å². The summed E-state index contributed by atoms with van der Waals surface area (Å²) in [4.78, 5) is 11.2. The third-order valence-corrected chi connectivity index (χ3v) is 5.60. The van der Waals surface area contributed by atoms with Gasteiger partial charge in [-0.1, -0.05) is 17.7 Å². The fourth-order valence-electron chi connectivity index (χ4n) is 3.58. The fraction of sp³-hybridized carbons (Fsp3) is 0.565. The first-order valence-electron chi connectivity index (χ1n) is 10.8. The minimum Gasteiger partial charge on any atom is -0.492 e. The minimum absolute atomic E-state index is 0. The molecule has 1 aliphatic heterocycles. The normalized spacial score (nSPS) is 15.4. The molecule has 0 aliphatic carbocycles. The fourth-order valence-corrected chi connectivity index (χ4v) is 3.58. The van der Waals surface area contributed by atoms with Gasteiger partial charge in [-0.3, -0.25) is 9.89 Å². The van der Waals surface area contributed by atoms with Gasteiger partial charge in [0.15, 0.2) is 5.96 Å². The number of likely N-dealkylation sites (tertiary alicyclic amines) is 1. The molecule has 0 atom stereocenters. The Kier molecular flexibility index (Phi) is 10.6. The lowest BCUT2D eigenvalue weighted by Gasteiger charge is -2.31. The molecule has 0 saturated carbocycles. The van der Waals surface area contributed by atoms with Crippen LogP contribution < -0.4 is 15.4 Å². The van der Waals surface area contributed by atoms with Crippen LogP contribution in [0.2, 0.25) is 0 Å². The predicted molar refractivity (Wildman–Crippen MR) is 135 cm³/mol. The Morgan fingerprint density at radius 3 is 2.48 bits per heavy atom. The smallest absolute Gasteiger partial charge is 0.208 e. The maximum Gasteiger partial charge on any atom is 0.208 e. The van der Waals surface area contributed by atoms with Crippen molar-refractivity contribution in [2.45, 2.75) is 40.2 Å². The highest BCUT2D eigenvalue weighted by Crippen LogP contribution is 2.19. The third-order valence-electron chi connectivity index (χ3n) is 5.60. The van der Waals surface area contributed by atoms with E-state index in [4.69, 9.17) is 9.15 Å². The Morgan fingerprint density at radius 1 is 1.16 bits per heavy atom. The lowest BCUT2D eigenvalue weighted by molar-refractivity contribution is 0.164. The number of aromatic nitrogens is 1. The van der Waals surface area contributed by atoms with Gasteiger partial charge in [0.25, 0.3) is 0 Å². The number of nitrogens with zero attached hydrogens (tertiary/aromatic N) is 3. The molecular weight excluding hydrogens is 505 g/mol. The van der Waals surface area contributed by atoms with E-state index >= 15 is 0 Å². The molecule has 0 bridgehead atoms. The summed E-state index contributed by atoms with van der Waals surface area (Å²) < 4.78 is 11.5. The summed E-state index contributed by atoms with van der Waals surface area (Å²) in [6, 6.07) is 8.11. The summed E-state index contributed by atoms with van der Waals surface area (Å²) in [6.45, 7) is 11.2. The second-order valence-corrected chi connectivity index (χ2v) is 8.01. The second-order valence-electron chi connectivity index (χ2n) is 8.01. The van der Waals surface area contributed by atoms with E-state index in [9.17, 15) is 0 Å². The van der Waals surface area contributed by atoms with Crippen LogP contribution in [0, 0.1) is 26.7 Å². The molecule has 2 N–H and O–H groups in total. The van der Waals surface area contributed by atoms with Crippen LogP contribution in [-0.2, 0) is 6.54 Å². The largest absolute Gasteiger partial charge is 0.492 e. The molecule has 1 saturated heterocycles. The van der Waals surface area contributed by atoms with E-state index in [1.54, 1.807) is 7.05 Å². The van der Waals surface area contributed by atoms with E-state index in [-0.39, 0.29) is 24.0 Å². The number of benzene rings is 1. The van der Waals surface area contributed by atoms with E-state index in [0.29, 0.717) is 19.1 Å². The van der Waals surface area contributed by atoms with E-state index in [2.05, 4.69) is 44.6 Å². The van der Waals surface area contributed by atoms with Crippen molar-refractivity contribution >= 4 is 29.9 Å². The average Bonchev–Trinajstić information content (AvgIpc) is 3.06. The molecule has 1 fully saturated rings. The molecule has 2 aromatic rings. The highest BCUT2D eigenvalue weighted by Gasteiger charge is 2.21. The number of halogens is 1. The van der Waals surface area contributed by atoms with Gasteiger partial charge in [0, 0.05) is 13.6 Å². The Balaban J connectivity index is 0.00000341. The van der Waals surface area contributed by atoms with Crippen LogP contribution in [0.25, 0.3) is 0 Å². The first-order valence-corrected chi connectivity index (χ1v) is 10.8. The molecule has 0 unspecified atom stereocenters. The van der Waals surface area contributed by atoms with Gasteiger partial charge in [0.2, 0.25) is 5.89 Å². The van der Waals surface area contributed by atoms with Gasteiger partial charge >= 0.3 is 0 Å². The van der Waals surface area contributed by atoms with Crippen LogP contribution in [0.3, 0.4) is 0 Å². The number of hydrogen-bond donors (Lipinski definition) is 2. The summed E-state index contributed by atoms with van der Waals surface area (Å²) in [5.41, 5.74) is 2.23. The standard InChI is InChI=1S/C23H35N5O2.HI/c1-17-5-7-21(8-6-17)29-14-11-25-23(24-4)26-15-20-9-12-28(13-10-20)16-22-27-18(2)19(3)30-22;/h5-8,20H,9-16H2,1-4H3,(H2,24,25,26);1H. The quantitative estimate of drug-likeness (QED) is 0.230. The van der Waals surface area contributed by atoms with Gasteiger partial charge in [0.1, 0.15) is 18.1 Å². The number of guanidine groups is 1. The molecule has 1 aromatic heterocycles. The van der Waals surface area contributed by atoms with Gasteiger partial charge < -0.3 is 19.8 Å². The van der Waals surface area contributed by atoms with Crippen molar-refractivity contribution in [2.75, 3.05) is 39.8 Å². The van der Waals surface area contributed by atoms with E-state index in [0.717, 1.165) is 55.2 Å². The molecule has 172 valence electrons. The molecule has 0 spiro atoms. The summed E-state index contributed by atoms with van der Waals surface area (Å²) in [7, 11) is 1.80. The molecule has 0 amide bonds. The number of oxazole rings is 1. The lowest BCUT2D eigenvalue weighted by Crippen LogP contribution is -2.43. The molecule has 8 heteroatoms. The van der Waals surface area contributed by atoms with Crippen molar-refractivity contribution in [1.82, 2.24) is 20.5 Å². The Hall–Kier alpha value is -1.81. The van der Waals surface area contributed by atoms with Crippen LogP contribution in [0.4, 0.5) is 0 Å². The topological polar surface area (TPSA) is 74.9 Å². The molecule has 0 radical (unpaired) electrons. The number of hydrogen-bond acceptors (Lipinski definition) is 5. The van der Waals surface area contributed by atoms with Crippen molar-refractivity contribution in [1.29, 1.82) is 0 Å². The number of rotatable bonds is 8. The number of aliphatic imine (C=N–C) groups is 1. The van der Waals surface area contributed by atoms with Gasteiger partial charge in [0.05, 0.1) is 18.8 Å². The Bertz CT molecular complexity index is 794. The molecular formula is C23H36IN5O2. The van der Waals surface area contributed by atoms with E-state index < -0.39 is 0 Å². The Morgan fingerprint density at radius 2 is 1.87 bits per heavy atom. The number of piperidine rings is 1. The minimum atomic E-state index is 0. The van der Waals surface area contributed by atoms with Crippen molar-refractivity contribution in [2.24, 2.45) is 10.9 Å². The zero-order chi connectivity index (χ0) is 21.3. The monoisotopic (exact) mass is 541 g/mol. The van der Waals surface area contributed by atoms with Gasteiger partial charge in [-0.2, -0.15) is 0 Å². The van der Waals surface area contributed by atoms with Crippen LogP contribution >= 0.6 is 24.0 Å². The third kappa shape index (κ3) is 8.33. The molecule has 3 rings (SSSR count). The van der Waals surface area contributed by atoms with Gasteiger partial charge in [-0.15, -0.1) is 24.0 Å². The number of ether oxygens (including phenoxy) is 1. The van der Waals surface area contributed by atoms with Crippen molar-refractivity contribution in [3.63, 3.8) is 0 Å². The van der Waals surface area contributed by atoms with E-state index in [1.165, 1.54) is 18.4 Å². The summed E-state index contributed by atoms with van der Waals surface area (Å²) in [5.74, 6) is 4.13. The summed E-state index contributed by atoms with van der Waals surface area (Å²) in [5, 5.41) is 6.78. The highest BCUT2D eigenvalue weighted by molar-refractivity contribution is 14.0. The maximum atomic E-state index is 5.76. The zero-order valence-electron chi connectivity index (χ0n) is 19.1. The predicted octanol–water partition coefficient (Wildman–Crippen LogP) is 3.67. The summed E-state index contributed by atoms with van der Waals surface area (Å²) >= 11 is 0. The highest BCUT2D eigenvalue weighted by atomic mass is 127. The first-order chi connectivity index (χ1) is 14.5. The van der Waals surface area contributed by atoms with Gasteiger partial charge in [-0.05, 0) is 64.8 Å². The van der Waals surface area contributed by atoms with Crippen LogP contribution in [-0.4, -0.2) is 55.7 Å². The number of aryl methyl sites for hydroxylation is 3. The summed E-state index contributed by atoms with van der Waals surface area (Å²) in [6.07, 6.45) is 2.33. The van der Waals surface area contributed by atoms with Crippen LogP contribution in [0.5, 0.6) is 5.75 Å². The molecule has 1 aromatic carbocycles. The molecule has 31 heavy (non-hydrogen) atoms. The van der Waals surface area contributed by atoms with Crippen molar-refractivity contribution in [3.8, 4) is 5.75 Å². The second kappa shape index (κ2) is 12.9. The number of nitrogens with one attached hydrogen (secondary N) is 2. The maximum absolute atomic E-state index is 5.76. The Labute approximate surface area is 203 Å². The van der Waals surface area contributed by atoms with Crippen molar-refractivity contribution < 1.29 is 9.15 Å². The first kappa shape index (κ1) is 25.5. The van der Waals surface area contributed by atoms with Crippen LogP contribution in [0.1, 0.15) is 35.7 Å². The molecule has 1 aliphatic rings. The molecule has 2 heterocycles. The van der Waals surface area contributed by atoms with Crippen LogP contribution in [0.15, 0.2) is 33.7 Å². The molecule has 7 nitrogen and oxygen atoms in total. The SMILES string of the molecule is CN=C(NCCOc1ccc(C)cc1)NCC1CCN(Cc2nc(C)c(C)o2)CC1.I. The van der Waals surface area contributed by atoms with E-state index in [1.807, 2.05) is 26.0 Å². The zero-order valence-corrected chi connectivity index (χ0v) is 21.4. The average molecular weight is 541 g/mol.